The van der Waals surface area contributed by atoms with E-state index in [0.717, 1.165) is 12.3 Å². The molecule has 11 heteroatoms. The second-order valence-electron chi connectivity index (χ2n) is 8.26. The molecule has 1 aromatic carbocycles. The molecule has 0 bridgehead atoms. The first-order chi connectivity index (χ1) is 16.6. The van der Waals surface area contributed by atoms with E-state index in [1.54, 1.807) is 31.2 Å². The number of hydrogen-bond acceptors (Lipinski definition) is 5. The van der Waals surface area contributed by atoms with E-state index >= 15 is 0 Å². The molecule has 0 unspecified atom stereocenters. The van der Waals surface area contributed by atoms with E-state index in [1.165, 1.54) is 21.8 Å². The molecule has 1 N–H and O–H groups in total. The third-order valence-electron chi connectivity index (χ3n) is 5.55. The van der Waals surface area contributed by atoms with Crippen LogP contribution in [0.2, 0.25) is 0 Å². The summed E-state index contributed by atoms with van der Waals surface area (Å²) < 4.78 is 40.1. The fraction of sp³-hybridized carbons (Fsp3) is 0.292. The number of amides is 1. The van der Waals surface area contributed by atoms with Crippen LogP contribution < -0.4 is 5.56 Å². The number of nitrogens with zero attached hydrogens (tertiary/aromatic N) is 5. The zero-order valence-electron chi connectivity index (χ0n) is 19.3. The van der Waals surface area contributed by atoms with Gasteiger partial charge in [-0.3, -0.25) is 9.59 Å². The molecule has 8 nitrogen and oxygen atoms in total. The number of alkyl halides is 3. The smallest absolute Gasteiger partial charge is 0.331 e. The van der Waals surface area contributed by atoms with E-state index in [2.05, 4.69) is 20.1 Å². The first-order valence-corrected chi connectivity index (χ1v) is 11.0. The molecule has 3 aromatic heterocycles. The quantitative estimate of drug-likeness (QED) is 0.440. The Kier molecular flexibility index (Phi) is 6.42. The van der Waals surface area contributed by atoms with Gasteiger partial charge in [0.2, 0.25) is 0 Å². The summed E-state index contributed by atoms with van der Waals surface area (Å²) >= 11 is 0. The van der Waals surface area contributed by atoms with Gasteiger partial charge in [-0.2, -0.15) is 18.3 Å². The Morgan fingerprint density at radius 1 is 1.14 bits per heavy atom. The number of aromatic amines is 1. The fourth-order valence-corrected chi connectivity index (χ4v) is 3.83. The van der Waals surface area contributed by atoms with Gasteiger partial charge in [-0.05, 0) is 37.1 Å². The van der Waals surface area contributed by atoms with Gasteiger partial charge >= 0.3 is 6.18 Å². The zero-order chi connectivity index (χ0) is 25.3. The fourth-order valence-electron chi connectivity index (χ4n) is 3.83. The normalized spacial score (nSPS) is 11.9. The lowest BCUT2D eigenvalue weighted by Crippen LogP contribution is -2.32. The second-order valence-corrected chi connectivity index (χ2v) is 8.26. The first-order valence-electron chi connectivity index (χ1n) is 11.0. The van der Waals surface area contributed by atoms with Gasteiger partial charge in [0.1, 0.15) is 5.82 Å². The van der Waals surface area contributed by atoms with Crippen molar-refractivity contribution in [2.45, 2.75) is 39.4 Å². The Bertz CT molecular complexity index is 1420. The van der Waals surface area contributed by atoms with Crippen molar-refractivity contribution in [3.63, 3.8) is 0 Å². The maximum absolute atomic E-state index is 13.5. The maximum atomic E-state index is 13.5. The minimum absolute atomic E-state index is 0.0661. The van der Waals surface area contributed by atoms with Crippen molar-refractivity contribution < 1.29 is 18.0 Å². The van der Waals surface area contributed by atoms with Crippen molar-refractivity contribution in [3.05, 3.63) is 81.8 Å². The highest BCUT2D eigenvalue weighted by molar-refractivity contribution is 5.95. The Morgan fingerprint density at radius 2 is 1.89 bits per heavy atom. The van der Waals surface area contributed by atoms with Crippen LogP contribution in [0.3, 0.4) is 0 Å². The minimum atomic E-state index is -4.50. The van der Waals surface area contributed by atoms with E-state index in [-0.39, 0.29) is 29.7 Å². The van der Waals surface area contributed by atoms with Crippen LogP contribution in [0, 0.1) is 0 Å². The van der Waals surface area contributed by atoms with Gasteiger partial charge in [0, 0.05) is 12.7 Å². The van der Waals surface area contributed by atoms with Crippen molar-refractivity contribution in [1.29, 1.82) is 0 Å². The van der Waals surface area contributed by atoms with Crippen LogP contribution in [0.25, 0.3) is 16.7 Å². The largest absolute Gasteiger partial charge is 0.417 e. The van der Waals surface area contributed by atoms with Crippen LogP contribution in [0.15, 0.2) is 53.6 Å². The van der Waals surface area contributed by atoms with Crippen LogP contribution in [-0.2, 0) is 12.7 Å². The SMILES string of the molecule is CCN(Cc1nc2ccccc2c(=O)[nH]1)C(=O)c1cnn(-c2ccc(C(F)(F)F)cn2)c1C(C)C. The molecule has 0 saturated carbocycles. The molecule has 35 heavy (non-hydrogen) atoms. The van der Waals surface area contributed by atoms with E-state index in [4.69, 9.17) is 0 Å². The van der Waals surface area contributed by atoms with Gasteiger partial charge in [0.05, 0.1) is 40.5 Å². The first kappa shape index (κ1) is 24.1. The number of hydrogen-bond donors (Lipinski definition) is 1. The number of H-pyrrole nitrogens is 1. The van der Waals surface area contributed by atoms with Crippen LogP contribution >= 0.6 is 0 Å². The predicted molar refractivity (Wildman–Crippen MR) is 123 cm³/mol. The second kappa shape index (κ2) is 9.32. The average molecular weight is 484 g/mol. The van der Waals surface area contributed by atoms with Crippen molar-refractivity contribution in [2.75, 3.05) is 6.54 Å². The van der Waals surface area contributed by atoms with E-state index in [0.29, 0.717) is 34.5 Å². The van der Waals surface area contributed by atoms with E-state index in [9.17, 15) is 22.8 Å². The molecule has 0 spiro atoms. The van der Waals surface area contributed by atoms with Crippen molar-refractivity contribution in [2.24, 2.45) is 0 Å². The lowest BCUT2D eigenvalue weighted by atomic mass is 10.0. The summed E-state index contributed by atoms with van der Waals surface area (Å²) in [4.78, 5) is 38.5. The molecular weight excluding hydrogens is 461 g/mol. The highest BCUT2D eigenvalue weighted by Gasteiger charge is 2.31. The van der Waals surface area contributed by atoms with E-state index < -0.39 is 11.7 Å². The average Bonchev–Trinajstić information content (AvgIpc) is 3.27. The van der Waals surface area contributed by atoms with Crippen molar-refractivity contribution in [1.82, 2.24) is 29.6 Å². The van der Waals surface area contributed by atoms with Gasteiger partial charge in [-0.1, -0.05) is 26.0 Å². The number of carbonyl (C=O) groups excluding carboxylic acids is 1. The van der Waals surface area contributed by atoms with Crippen molar-refractivity contribution >= 4 is 16.8 Å². The highest BCUT2D eigenvalue weighted by atomic mass is 19.4. The van der Waals surface area contributed by atoms with E-state index in [1.807, 2.05) is 13.8 Å². The molecule has 0 saturated heterocycles. The minimum Gasteiger partial charge on any atom is -0.331 e. The third-order valence-corrected chi connectivity index (χ3v) is 5.55. The Balaban J connectivity index is 1.67. The summed E-state index contributed by atoms with van der Waals surface area (Å²) in [5.74, 6) is -0.0147. The summed E-state index contributed by atoms with van der Waals surface area (Å²) in [5.41, 5.74) is 0.175. The number of benzene rings is 1. The summed E-state index contributed by atoms with van der Waals surface area (Å²) in [6.45, 7) is 5.90. The summed E-state index contributed by atoms with van der Waals surface area (Å²) in [5, 5.41) is 4.71. The number of fused-ring (bicyclic) bond motifs is 1. The highest BCUT2D eigenvalue weighted by Crippen LogP contribution is 2.30. The topological polar surface area (TPSA) is 96.8 Å². The van der Waals surface area contributed by atoms with Crippen molar-refractivity contribution in [3.8, 4) is 5.82 Å². The number of pyridine rings is 1. The molecule has 0 aliphatic rings. The molecule has 3 heterocycles. The Morgan fingerprint density at radius 3 is 2.51 bits per heavy atom. The maximum Gasteiger partial charge on any atom is 0.417 e. The van der Waals surface area contributed by atoms with Gasteiger partial charge in [0.15, 0.2) is 5.82 Å². The summed E-state index contributed by atoms with van der Waals surface area (Å²) in [7, 11) is 0. The molecule has 0 aliphatic carbocycles. The molecule has 0 fully saturated rings. The van der Waals surface area contributed by atoms with Crippen LogP contribution in [0.1, 0.15) is 54.1 Å². The molecule has 182 valence electrons. The standard InChI is InChI=1S/C24H23F3N6O2/c1-4-32(13-19-30-18-8-6-5-7-16(18)22(34)31-19)23(35)17-12-29-33(21(17)14(2)3)20-10-9-15(11-28-20)24(25,26)27/h5-12,14H,4,13H2,1-3H3,(H,30,31,34). The number of para-hydroxylation sites is 1. The molecule has 0 atom stereocenters. The Hall–Kier alpha value is -4.02. The number of aromatic nitrogens is 5. The van der Waals surface area contributed by atoms with Gasteiger partial charge in [-0.15, -0.1) is 0 Å². The summed E-state index contributed by atoms with van der Waals surface area (Å²) in [6, 6.07) is 9.07. The molecule has 1 amide bonds. The van der Waals surface area contributed by atoms with Crippen LogP contribution in [0.5, 0.6) is 0 Å². The third kappa shape index (κ3) is 4.79. The lowest BCUT2D eigenvalue weighted by Gasteiger charge is -2.21. The zero-order valence-corrected chi connectivity index (χ0v) is 19.3. The molecule has 4 rings (SSSR count). The molecule has 0 radical (unpaired) electrons. The molecule has 4 aromatic rings. The van der Waals surface area contributed by atoms with Crippen LogP contribution in [-0.4, -0.2) is 42.1 Å². The van der Waals surface area contributed by atoms with Gasteiger partial charge < -0.3 is 9.88 Å². The number of rotatable bonds is 6. The predicted octanol–water partition coefficient (Wildman–Crippen LogP) is 4.31. The lowest BCUT2D eigenvalue weighted by molar-refractivity contribution is -0.137. The Labute approximate surface area is 198 Å². The van der Waals surface area contributed by atoms with Gasteiger partial charge in [0.25, 0.3) is 11.5 Å². The number of halogens is 3. The monoisotopic (exact) mass is 484 g/mol. The summed E-state index contributed by atoms with van der Waals surface area (Å²) in [6.07, 6.45) is -2.38. The molecule has 0 aliphatic heterocycles. The van der Waals surface area contributed by atoms with Crippen LogP contribution in [0.4, 0.5) is 13.2 Å². The number of carbonyl (C=O) groups is 1. The van der Waals surface area contributed by atoms with Gasteiger partial charge in [-0.25, -0.2) is 14.6 Å². The number of nitrogens with one attached hydrogen (secondary N) is 1. The molecular formula is C24H23F3N6O2.